The molecule has 1 rings (SSSR count). The summed E-state index contributed by atoms with van der Waals surface area (Å²) in [7, 11) is 0. The van der Waals surface area contributed by atoms with E-state index in [4.69, 9.17) is 4.74 Å². The fourth-order valence-corrected chi connectivity index (χ4v) is 2.22. The van der Waals surface area contributed by atoms with E-state index in [2.05, 4.69) is 26.8 Å². The van der Waals surface area contributed by atoms with Crippen molar-refractivity contribution in [2.45, 2.75) is 65.2 Å². The molecule has 0 aliphatic carbocycles. The topological polar surface area (TPSA) is 26.3 Å². The van der Waals surface area contributed by atoms with E-state index in [9.17, 15) is 4.79 Å². The summed E-state index contributed by atoms with van der Waals surface area (Å²) in [6.07, 6.45) is 8.07. The number of carbonyl (C=O) groups is 1. The van der Waals surface area contributed by atoms with Crippen LogP contribution in [-0.2, 0) is 0 Å². The Labute approximate surface area is 123 Å². The molecule has 1 aromatic rings. The number of ether oxygens (including phenoxy) is 1. The van der Waals surface area contributed by atoms with E-state index >= 15 is 0 Å². The van der Waals surface area contributed by atoms with Gasteiger partial charge in [0.05, 0.1) is 12.2 Å². The number of benzene rings is 1. The fourth-order valence-electron chi connectivity index (χ4n) is 2.22. The van der Waals surface area contributed by atoms with Crippen LogP contribution >= 0.6 is 0 Å². The van der Waals surface area contributed by atoms with Gasteiger partial charge in [-0.25, -0.2) is 0 Å². The lowest BCUT2D eigenvalue weighted by molar-refractivity contribution is 0.111. The molecule has 0 amide bonds. The number of hydrogen-bond acceptors (Lipinski definition) is 2. The largest absolute Gasteiger partial charge is 0.493 e. The minimum atomic E-state index is 0.483. The first-order valence-electron chi connectivity index (χ1n) is 7.94. The average molecular weight is 276 g/mol. The number of unbranched alkanes of at least 4 members (excludes halogenated alkanes) is 4. The zero-order valence-electron chi connectivity index (χ0n) is 13.2. The molecule has 0 saturated carbocycles. The minimum absolute atomic E-state index is 0.483. The second-order valence-corrected chi connectivity index (χ2v) is 5.49. The summed E-state index contributed by atoms with van der Waals surface area (Å²) in [5.74, 6) is 1.21. The van der Waals surface area contributed by atoms with Crippen molar-refractivity contribution in [3.8, 4) is 5.75 Å². The zero-order chi connectivity index (χ0) is 14.8. The molecule has 0 bridgehead atoms. The highest BCUT2D eigenvalue weighted by Crippen LogP contribution is 2.25. The van der Waals surface area contributed by atoms with Crippen LogP contribution in [0.1, 0.15) is 81.1 Å². The summed E-state index contributed by atoms with van der Waals surface area (Å²) >= 11 is 0. The Morgan fingerprint density at radius 3 is 2.55 bits per heavy atom. The molecule has 2 nitrogen and oxygen atoms in total. The average Bonchev–Trinajstić information content (AvgIpc) is 2.50. The first kappa shape index (κ1) is 16.7. The van der Waals surface area contributed by atoms with Crippen molar-refractivity contribution >= 4 is 6.29 Å². The van der Waals surface area contributed by atoms with Gasteiger partial charge in [-0.15, -0.1) is 0 Å². The smallest absolute Gasteiger partial charge is 0.153 e. The van der Waals surface area contributed by atoms with Crippen LogP contribution in [0, 0.1) is 0 Å². The summed E-state index contributed by atoms with van der Waals surface area (Å²) in [4.78, 5) is 11.2. The Kier molecular flexibility index (Phi) is 8.01. The van der Waals surface area contributed by atoms with E-state index in [-0.39, 0.29) is 0 Å². The van der Waals surface area contributed by atoms with Crippen molar-refractivity contribution in [2.24, 2.45) is 0 Å². The van der Waals surface area contributed by atoms with Gasteiger partial charge >= 0.3 is 0 Å². The molecule has 1 atom stereocenters. The predicted octanol–water partition coefficient (Wildman–Crippen LogP) is 5.36. The van der Waals surface area contributed by atoms with Gasteiger partial charge in [-0.1, -0.05) is 52.5 Å². The highest BCUT2D eigenvalue weighted by Gasteiger charge is 2.08. The Balaban J connectivity index is 2.51. The van der Waals surface area contributed by atoms with E-state index in [1.165, 1.54) is 31.2 Å². The summed E-state index contributed by atoms with van der Waals surface area (Å²) in [6.45, 7) is 7.25. The highest BCUT2D eigenvalue weighted by molar-refractivity contribution is 5.79. The van der Waals surface area contributed by atoms with Crippen LogP contribution < -0.4 is 4.74 Å². The molecular formula is C18H28O2. The summed E-state index contributed by atoms with van der Waals surface area (Å²) < 4.78 is 5.75. The lowest BCUT2D eigenvalue weighted by Crippen LogP contribution is -2.01. The molecule has 1 unspecified atom stereocenters. The molecular weight excluding hydrogens is 248 g/mol. The lowest BCUT2D eigenvalue weighted by atomic mass is 9.97. The quantitative estimate of drug-likeness (QED) is 0.424. The van der Waals surface area contributed by atoms with Gasteiger partial charge in [0.1, 0.15) is 5.75 Å². The minimum Gasteiger partial charge on any atom is -0.493 e. The van der Waals surface area contributed by atoms with Crippen LogP contribution in [0.2, 0.25) is 0 Å². The first-order chi connectivity index (χ1) is 9.72. The maximum absolute atomic E-state index is 11.2. The van der Waals surface area contributed by atoms with E-state index in [1.54, 1.807) is 0 Å². The summed E-state index contributed by atoms with van der Waals surface area (Å²) in [5, 5.41) is 0. The predicted molar refractivity (Wildman–Crippen MR) is 84.8 cm³/mol. The SMILES string of the molecule is CCCCCCCOc1ccc(C(C)CC)cc1C=O. The number of carbonyl (C=O) groups excluding carboxylic acids is 1. The van der Waals surface area contributed by atoms with Gasteiger partial charge in [-0.05, 0) is 36.5 Å². The van der Waals surface area contributed by atoms with Gasteiger partial charge < -0.3 is 4.74 Å². The van der Waals surface area contributed by atoms with Gasteiger partial charge in [0.25, 0.3) is 0 Å². The van der Waals surface area contributed by atoms with Crippen molar-refractivity contribution in [3.05, 3.63) is 29.3 Å². The second kappa shape index (κ2) is 9.57. The van der Waals surface area contributed by atoms with E-state index < -0.39 is 0 Å². The Bertz CT molecular complexity index is 398. The van der Waals surface area contributed by atoms with Crippen LogP contribution in [0.15, 0.2) is 18.2 Å². The zero-order valence-corrected chi connectivity index (χ0v) is 13.2. The number of aldehydes is 1. The van der Waals surface area contributed by atoms with Crippen molar-refractivity contribution in [3.63, 3.8) is 0 Å². The Morgan fingerprint density at radius 2 is 1.90 bits per heavy atom. The van der Waals surface area contributed by atoms with Crippen LogP contribution in [0.3, 0.4) is 0 Å². The molecule has 0 spiro atoms. The first-order valence-corrected chi connectivity index (χ1v) is 7.94. The number of rotatable bonds is 10. The standard InChI is InChI=1S/C18H28O2/c1-4-6-7-8-9-12-20-18-11-10-16(15(3)5-2)13-17(18)14-19/h10-11,13-15H,4-9,12H2,1-3H3. The molecule has 0 heterocycles. The van der Waals surface area contributed by atoms with Crippen LogP contribution in [-0.4, -0.2) is 12.9 Å². The molecule has 112 valence electrons. The molecule has 0 aliphatic heterocycles. The lowest BCUT2D eigenvalue weighted by Gasteiger charge is -2.13. The Hall–Kier alpha value is -1.31. The highest BCUT2D eigenvalue weighted by atomic mass is 16.5. The van der Waals surface area contributed by atoms with E-state index in [1.807, 2.05) is 12.1 Å². The molecule has 20 heavy (non-hydrogen) atoms. The fraction of sp³-hybridized carbons (Fsp3) is 0.611. The third-order valence-electron chi connectivity index (χ3n) is 3.85. The molecule has 0 saturated heterocycles. The maximum atomic E-state index is 11.2. The van der Waals surface area contributed by atoms with Crippen LogP contribution in [0.5, 0.6) is 5.75 Å². The summed E-state index contributed by atoms with van der Waals surface area (Å²) in [5.41, 5.74) is 1.89. The third kappa shape index (κ3) is 5.36. The number of hydrogen-bond donors (Lipinski definition) is 0. The van der Waals surface area contributed by atoms with E-state index in [0.29, 0.717) is 18.1 Å². The molecule has 0 fully saturated rings. The molecule has 0 radical (unpaired) electrons. The summed E-state index contributed by atoms with van der Waals surface area (Å²) in [6, 6.07) is 5.98. The maximum Gasteiger partial charge on any atom is 0.153 e. The van der Waals surface area contributed by atoms with Crippen LogP contribution in [0.25, 0.3) is 0 Å². The van der Waals surface area contributed by atoms with Crippen molar-refractivity contribution < 1.29 is 9.53 Å². The molecule has 1 aromatic carbocycles. The second-order valence-electron chi connectivity index (χ2n) is 5.49. The van der Waals surface area contributed by atoms with Gasteiger partial charge in [0, 0.05) is 0 Å². The molecule has 0 aromatic heterocycles. The van der Waals surface area contributed by atoms with Gasteiger partial charge in [0.2, 0.25) is 0 Å². The molecule has 0 aliphatic rings. The molecule has 0 N–H and O–H groups in total. The normalized spacial score (nSPS) is 12.2. The van der Waals surface area contributed by atoms with Gasteiger partial charge in [-0.2, -0.15) is 0 Å². The van der Waals surface area contributed by atoms with Gasteiger partial charge in [-0.3, -0.25) is 4.79 Å². The molecule has 2 heteroatoms. The Morgan fingerprint density at radius 1 is 1.15 bits per heavy atom. The van der Waals surface area contributed by atoms with Crippen molar-refractivity contribution in [1.82, 2.24) is 0 Å². The monoisotopic (exact) mass is 276 g/mol. The third-order valence-corrected chi connectivity index (χ3v) is 3.85. The van der Waals surface area contributed by atoms with E-state index in [0.717, 1.165) is 24.9 Å². The van der Waals surface area contributed by atoms with Crippen molar-refractivity contribution in [1.29, 1.82) is 0 Å². The van der Waals surface area contributed by atoms with Crippen molar-refractivity contribution in [2.75, 3.05) is 6.61 Å². The van der Waals surface area contributed by atoms with Crippen LogP contribution in [0.4, 0.5) is 0 Å². The van der Waals surface area contributed by atoms with Gasteiger partial charge in [0.15, 0.2) is 6.29 Å².